The third-order valence-corrected chi connectivity index (χ3v) is 4.24. The van der Waals surface area contributed by atoms with Gasteiger partial charge in [0.15, 0.2) is 0 Å². The van der Waals surface area contributed by atoms with Crippen LogP contribution in [-0.4, -0.2) is 42.9 Å². The lowest BCUT2D eigenvalue weighted by Crippen LogP contribution is -2.39. The second-order valence-corrected chi connectivity index (χ2v) is 5.76. The number of rotatable bonds is 8. The molecule has 0 aliphatic rings. The Bertz CT molecular complexity index is 394. The molecule has 3 atom stereocenters. The second-order valence-electron chi connectivity index (χ2n) is 5.76. The maximum absolute atomic E-state index is 10.1. The summed E-state index contributed by atoms with van der Waals surface area (Å²) in [6, 6.07) is 8.50. The number of aliphatic hydroxyl groups is 1. The van der Waals surface area contributed by atoms with Gasteiger partial charge in [0.2, 0.25) is 0 Å². The molecule has 0 spiro atoms. The lowest BCUT2D eigenvalue weighted by atomic mass is 10.00. The van der Waals surface area contributed by atoms with Gasteiger partial charge in [-0.25, -0.2) is 0 Å². The summed E-state index contributed by atoms with van der Waals surface area (Å²) in [4.78, 5) is 2.23. The van der Waals surface area contributed by atoms with Gasteiger partial charge >= 0.3 is 0 Å². The van der Waals surface area contributed by atoms with Gasteiger partial charge in [-0.15, -0.1) is 0 Å². The van der Waals surface area contributed by atoms with Gasteiger partial charge in [0.05, 0.1) is 13.2 Å². The Morgan fingerprint density at radius 2 is 1.90 bits per heavy atom. The van der Waals surface area contributed by atoms with E-state index in [9.17, 15) is 5.11 Å². The van der Waals surface area contributed by atoms with Gasteiger partial charge in [-0.1, -0.05) is 38.5 Å². The Morgan fingerprint density at radius 3 is 2.50 bits per heavy atom. The predicted molar refractivity (Wildman–Crippen MR) is 84.3 cm³/mol. The molecule has 3 unspecified atom stereocenters. The van der Waals surface area contributed by atoms with Gasteiger partial charge < -0.3 is 14.7 Å². The van der Waals surface area contributed by atoms with E-state index in [1.807, 2.05) is 18.2 Å². The van der Waals surface area contributed by atoms with E-state index in [4.69, 9.17) is 4.74 Å². The summed E-state index contributed by atoms with van der Waals surface area (Å²) in [5.74, 6) is 1.28. The normalized spacial score (nSPS) is 15.9. The molecule has 1 rings (SSSR count). The maximum atomic E-state index is 10.1. The van der Waals surface area contributed by atoms with Crippen molar-refractivity contribution in [1.29, 1.82) is 0 Å². The Balaban J connectivity index is 2.59. The molecule has 0 amide bonds. The summed E-state index contributed by atoms with van der Waals surface area (Å²) in [6.07, 6.45) is 1.68. The van der Waals surface area contributed by atoms with E-state index in [1.54, 1.807) is 7.11 Å². The highest BCUT2D eigenvalue weighted by Gasteiger charge is 2.18. The summed E-state index contributed by atoms with van der Waals surface area (Å²) in [7, 11) is 3.78. The van der Waals surface area contributed by atoms with Gasteiger partial charge in [-0.3, -0.25) is 0 Å². The Labute approximate surface area is 123 Å². The highest BCUT2D eigenvalue weighted by atomic mass is 16.5. The van der Waals surface area contributed by atoms with Gasteiger partial charge in [0, 0.05) is 12.6 Å². The summed E-state index contributed by atoms with van der Waals surface area (Å²) in [6.45, 7) is 7.12. The molecule has 1 aromatic carbocycles. The van der Waals surface area contributed by atoms with Gasteiger partial charge in [-0.2, -0.15) is 0 Å². The van der Waals surface area contributed by atoms with Crippen molar-refractivity contribution in [3.63, 3.8) is 0 Å². The minimum absolute atomic E-state index is 0.259. The van der Waals surface area contributed by atoms with Crippen molar-refractivity contribution < 1.29 is 9.84 Å². The molecular formula is C17H29NO2. The first-order valence-corrected chi connectivity index (χ1v) is 7.49. The first-order chi connectivity index (χ1) is 9.49. The second kappa shape index (κ2) is 8.28. The van der Waals surface area contributed by atoms with Crippen LogP contribution in [-0.2, 0) is 6.42 Å². The molecule has 0 aliphatic heterocycles. The Morgan fingerprint density at radius 1 is 1.25 bits per heavy atom. The number of aliphatic hydroxyl groups excluding tert-OH is 1. The minimum Gasteiger partial charge on any atom is -0.496 e. The van der Waals surface area contributed by atoms with Crippen molar-refractivity contribution >= 4 is 0 Å². The van der Waals surface area contributed by atoms with Crippen LogP contribution in [0.25, 0.3) is 0 Å². The van der Waals surface area contributed by atoms with Crippen molar-refractivity contribution in [1.82, 2.24) is 4.90 Å². The summed E-state index contributed by atoms with van der Waals surface area (Å²) >= 11 is 0. The van der Waals surface area contributed by atoms with Crippen molar-refractivity contribution in [3.8, 4) is 5.75 Å². The largest absolute Gasteiger partial charge is 0.496 e. The van der Waals surface area contributed by atoms with Crippen LogP contribution in [0.1, 0.15) is 32.8 Å². The van der Waals surface area contributed by atoms with Crippen LogP contribution >= 0.6 is 0 Å². The number of ether oxygens (including phenoxy) is 1. The zero-order chi connectivity index (χ0) is 15.1. The molecule has 114 valence electrons. The minimum atomic E-state index is -0.259. The van der Waals surface area contributed by atoms with Gasteiger partial charge in [0.1, 0.15) is 5.75 Å². The van der Waals surface area contributed by atoms with Crippen LogP contribution in [0.3, 0.4) is 0 Å². The number of para-hydroxylation sites is 1. The predicted octanol–water partition coefficient (Wildman–Crippen LogP) is 2.97. The van der Waals surface area contributed by atoms with Crippen LogP contribution in [0.4, 0.5) is 0 Å². The zero-order valence-electron chi connectivity index (χ0n) is 13.5. The van der Waals surface area contributed by atoms with Gasteiger partial charge in [-0.05, 0) is 37.9 Å². The summed E-state index contributed by atoms with van der Waals surface area (Å²) < 4.78 is 5.39. The lowest BCUT2D eigenvalue weighted by molar-refractivity contribution is 0.0653. The van der Waals surface area contributed by atoms with Crippen LogP contribution in [0.2, 0.25) is 0 Å². The number of methoxy groups -OCH3 is 1. The molecule has 3 heteroatoms. The molecular weight excluding hydrogens is 250 g/mol. The summed E-state index contributed by atoms with van der Waals surface area (Å²) in [5.41, 5.74) is 1.22. The molecule has 0 fully saturated rings. The molecule has 0 saturated heterocycles. The van der Waals surface area contributed by atoms with E-state index in [0.717, 1.165) is 18.6 Å². The number of benzene rings is 1. The van der Waals surface area contributed by atoms with E-state index < -0.39 is 0 Å². The van der Waals surface area contributed by atoms with Crippen molar-refractivity contribution in [2.45, 2.75) is 45.8 Å². The average molecular weight is 279 g/mol. The highest BCUT2D eigenvalue weighted by Crippen LogP contribution is 2.20. The van der Waals surface area contributed by atoms with Crippen LogP contribution in [0.15, 0.2) is 24.3 Å². The van der Waals surface area contributed by atoms with E-state index in [0.29, 0.717) is 18.5 Å². The van der Waals surface area contributed by atoms with Crippen molar-refractivity contribution in [2.75, 3.05) is 20.7 Å². The van der Waals surface area contributed by atoms with Crippen molar-refractivity contribution in [2.24, 2.45) is 5.92 Å². The van der Waals surface area contributed by atoms with Crippen molar-refractivity contribution in [3.05, 3.63) is 29.8 Å². The molecule has 0 heterocycles. The third kappa shape index (κ3) is 4.80. The van der Waals surface area contributed by atoms with Crippen LogP contribution in [0.5, 0.6) is 5.75 Å². The van der Waals surface area contributed by atoms with E-state index in [-0.39, 0.29) is 6.10 Å². The molecule has 0 aromatic heterocycles. The quantitative estimate of drug-likeness (QED) is 0.794. The maximum Gasteiger partial charge on any atom is 0.122 e. The molecule has 0 aliphatic carbocycles. The molecule has 0 saturated carbocycles. The van der Waals surface area contributed by atoms with E-state index >= 15 is 0 Å². The monoisotopic (exact) mass is 279 g/mol. The molecule has 0 bridgehead atoms. The highest BCUT2D eigenvalue weighted by molar-refractivity contribution is 5.33. The fourth-order valence-electron chi connectivity index (χ4n) is 2.27. The zero-order valence-corrected chi connectivity index (χ0v) is 13.5. The van der Waals surface area contributed by atoms with Crippen LogP contribution in [0, 0.1) is 5.92 Å². The third-order valence-electron chi connectivity index (χ3n) is 4.24. The van der Waals surface area contributed by atoms with E-state index in [1.165, 1.54) is 5.56 Å². The first kappa shape index (κ1) is 17.0. The number of nitrogens with zero attached hydrogens (tertiary/aromatic N) is 1. The Kier molecular flexibility index (Phi) is 7.03. The SMILES string of the molecule is CCC(C)C(O)CN(C)C(C)Cc1ccccc1OC. The fraction of sp³-hybridized carbons (Fsp3) is 0.647. The van der Waals surface area contributed by atoms with E-state index in [2.05, 4.69) is 38.8 Å². The number of hydrogen-bond acceptors (Lipinski definition) is 3. The fourth-order valence-corrected chi connectivity index (χ4v) is 2.27. The Hall–Kier alpha value is -1.06. The number of likely N-dealkylation sites (N-methyl/N-ethyl adjacent to an activating group) is 1. The lowest BCUT2D eigenvalue weighted by Gasteiger charge is -2.29. The molecule has 3 nitrogen and oxygen atoms in total. The number of hydrogen-bond donors (Lipinski definition) is 1. The van der Waals surface area contributed by atoms with Crippen LogP contribution < -0.4 is 4.74 Å². The summed E-state index contributed by atoms with van der Waals surface area (Å²) in [5, 5.41) is 10.1. The molecule has 20 heavy (non-hydrogen) atoms. The molecule has 1 N–H and O–H groups in total. The molecule has 0 radical (unpaired) electrons. The molecule has 1 aromatic rings. The average Bonchev–Trinajstić information content (AvgIpc) is 2.46. The van der Waals surface area contributed by atoms with Gasteiger partial charge in [0.25, 0.3) is 0 Å². The standard InChI is InChI=1S/C17H29NO2/c1-6-13(2)16(19)12-18(4)14(3)11-15-9-7-8-10-17(15)20-5/h7-10,13-14,16,19H,6,11-12H2,1-5H3. The first-order valence-electron chi connectivity index (χ1n) is 7.49. The topological polar surface area (TPSA) is 32.7 Å². The smallest absolute Gasteiger partial charge is 0.122 e.